The fourth-order valence-electron chi connectivity index (χ4n) is 2.91. The number of H-pyrrole nitrogens is 1. The van der Waals surface area contributed by atoms with Crippen LogP contribution in [0.4, 0.5) is 5.95 Å². The molecule has 4 aromatic rings. The van der Waals surface area contributed by atoms with Gasteiger partial charge in [0.2, 0.25) is 5.95 Å². The first-order valence-corrected chi connectivity index (χ1v) is 8.44. The molecule has 6 heteroatoms. The van der Waals surface area contributed by atoms with Gasteiger partial charge in [0.25, 0.3) is 5.91 Å². The lowest BCUT2D eigenvalue weighted by Gasteiger charge is -2.06. The first-order valence-electron chi connectivity index (χ1n) is 8.44. The second-order valence-electron chi connectivity index (χ2n) is 5.95. The fraction of sp³-hybridized carbons (Fsp3) is 0. The number of rotatable bonds is 5. The Bertz CT molecular complexity index is 1130. The molecule has 0 spiro atoms. The van der Waals surface area contributed by atoms with E-state index in [1.54, 1.807) is 6.20 Å². The summed E-state index contributed by atoms with van der Waals surface area (Å²) >= 11 is 0. The Balaban J connectivity index is 1.66. The first-order chi connectivity index (χ1) is 13.2. The normalized spacial score (nSPS) is 11.5. The number of amides is 1. The van der Waals surface area contributed by atoms with Crippen molar-refractivity contribution in [1.82, 2.24) is 15.0 Å². The molecular formula is C21H17N5O. The molecule has 0 radical (unpaired) electrons. The highest BCUT2D eigenvalue weighted by Gasteiger charge is 2.10. The lowest BCUT2D eigenvalue weighted by atomic mass is 10.1. The molecule has 0 aliphatic rings. The van der Waals surface area contributed by atoms with Crippen molar-refractivity contribution in [1.29, 1.82) is 0 Å². The van der Waals surface area contributed by atoms with E-state index in [1.165, 1.54) is 6.20 Å². The molecular weight excluding hydrogens is 338 g/mol. The number of aromatic nitrogens is 3. The van der Waals surface area contributed by atoms with Gasteiger partial charge < -0.3 is 16.0 Å². The molecule has 2 heterocycles. The summed E-state index contributed by atoms with van der Waals surface area (Å²) in [5.74, 6) is -0.144. The topological polar surface area (TPSA) is 96.7 Å². The molecule has 0 bridgehead atoms. The van der Waals surface area contributed by atoms with Crippen molar-refractivity contribution in [3.8, 4) is 11.3 Å². The minimum absolute atomic E-state index is 0.358. The van der Waals surface area contributed by atoms with Crippen molar-refractivity contribution < 1.29 is 4.79 Å². The number of aromatic amines is 1. The zero-order valence-electron chi connectivity index (χ0n) is 14.4. The summed E-state index contributed by atoms with van der Waals surface area (Å²) in [4.78, 5) is 23.8. The van der Waals surface area contributed by atoms with Crippen LogP contribution in [-0.4, -0.2) is 20.9 Å². The number of para-hydroxylation sites is 1. The monoisotopic (exact) mass is 355 g/mol. The molecule has 27 heavy (non-hydrogen) atoms. The van der Waals surface area contributed by atoms with Crippen LogP contribution < -0.4 is 11.1 Å². The van der Waals surface area contributed by atoms with Gasteiger partial charge in [0, 0.05) is 35.1 Å². The van der Waals surface area contributed by atoms with Crippen LogP contribution in [0.1, 0.15) is 5.56 Å². The third kappa shape index (κ3) is 3.41. The zero-order valence-corrected chi connectivity index (χ0v) is 14.4. The lowest BCUT2D eigenvalue weighted by Crippen LogP contribution is -2.14. The highest BCUT2D eigenvalue weighted by Crippen LogP contribution is 2.27. The van der Waals surface area contributed by atoms with Gasteiger partial charge in [0.15, 0.2) is 0 Å². The van der Waals surface area contributed by atoms with Crippen LogP contribution in [0.25, 0.3) is 27.7 Å². The van der Waals surface area contributed by atoms with Gasteiger partial charge in [-0.1, -0.05) is 48.5 Å². The molecule has 132 valence electrons. The summed E-state index contributed by atoms with van der Waals surface area (Å²) in [5.41, 5.74) is 9.40. The van der Waals surface area contributed by atoms with Crippen LogP contribution in [0, 0.1) is 0 Å². The molecule has 0 fully saturated rings. The molecule has 2 aromatic carbocycles. The fourth-order valence-corrected chi connectivity index (χ4v) is 2.91. The van der Waals surface area contributed by atoms with Crippen LogP contribution >= 0.6 is 0 Å². The molecule has 1 amide bonds. The highest BCUT2D eigenvalue weighted by atomic mass is 16.1. The van der Waals surface area contributed by atoms with Crippen LogP contribution in [0.2, 0.25) is 0 Å². The van der Waals surface area contributed by atoms with Crippen molar-refractivity contribution in [3.05, 3.63) is 84.8 Å². The van der Waals surface area contributed by atoms with E-state index in [9.17, 15) is 4.79 Å². The number of hydrogen-bond donors (Lipinski definition) is 3. The number of nitrogens with two attached hydrogens (primary N) is 1. The maximum absolute atomic E-state index is 11.8. The molecule has 6 nitrogen and oxygen atoms in total. The largest absolute Gasteiger partial charge is 0.366 e. The van der Waals surface area contributed by atoms with E-state index in [-0.39, 0.29) is 0 Å². The quantitative estimate of drug-likeness (QED) is 0.477. The smallest absolute Gasteiger partial charge is 0.250 e. The maximum Gasteiger partial charge on any atom is 0.250 e. The second kappa shape index (κ2) is 7.13. The van der Waals surface area contributed by atoms with Crippen LogP contribution in [-0.2, 0) is 4.79 Å². The van der Waals surface area contributed by atoms with E-state index in [4.69, 9.17) is 5.73 Å². The van der Waals surface area contributed by atoms with Gasteiger partial charge in [0.1, 0.15) is 0 Å². The summed E-state index contributed by atoms with van der Waals surface area (Å²) in [6, 6.07) is 19.1. The van der Waals surface area contributed by atoms with Crippen molar-refractivity contribution in [2.24, 2.45) is 5.73 Å². The third-order valence-electron chi connectivity index (χ3n) is 4.22. The Kier molecular flexibility index (Phi) is 4.37. The average molecular weight is 355 g/mol. The third-order valence-corrected chi connectivity index (χ3v) is 4.22. The van der Waals surface area contributed by atoms with Gasteiger partial charge >= 0.3 is 0 Å². The number of carbonyl (C=O) groups is 1. The Morgan fingerprint density at radius 1 is 1.04 bits per heavy atom. The Morgan fingerprint density at radius 3 is 2.63 bits per heavy atom. The van der Waals surface area contributed by atoms with E-state index >= 15 is 0 Å². The van der Waals surface area contributed by atoms with Crippen LogP contribution in [0.5, 0.6) is 0 Å². The van der Waals surface area contributed by atoms with Crippen molar-refractivity contribution in [2.45, 2.75) is 0 Å². The first kappa shape index (κ1) is 16.5. The summed E-state index contributed by atoms with van der Waals surface area (Å²) in [7, 11) is 0. The summed E-state index contributed by atoms with van der Waals surface area (Å²) < 4.78 is 0. The Labute approximate surface area is 155 Å². The van der Waals surface area contributed by atoms with E-state index < -0.39 is 5.91 Å². The van der Waals surface area contributed by atoms with Gasteiger partial charge in [-0.3, -0.25) is 4.79 Å². The zero-order chi connectivity index (χ0) is 18.6. The molecule has 0 aliphatic carbocycles. The van der Waals surface area contributed by atoms with Crippen molar-refractivity contribution in [3.63, 3.8) is 0 Å². The van der Waals surface area contributed by atoms with Gasteiger partial charge in [-0.15, -0.1) is 0 Å². The summed E-state index contributed by atoms with van der Waals surface area (Å²) in [5, 5.41) is 4.06. The molecule has 2 aromatic heterocycles. The van der Waals surface area contributed by atoms with Gasteiger partial charge in [-0.05, 0) is 17.7 Å². The number of nitrogens with zero attached hydrogens (tertiary/aromatic N) is 2. The minimum atomic E-state index is -0.526. The number of benzene rings is 2. The van der Waals surface area contributed by atoms with Gasteiger partial charge in [-0.2, -0.15) is 0 Å². The van der Waals surface area contributed by atoms with Crippen LogP contribution in [0.3, 0.4) is 0 Å². The van der Waals surface area contributed by atoms with E-state index in [0.717, 1.165) is 27.7 Å². The van der Waals surface area contributed by atoms with Gasteiger partial charge in [-0.25, -0.2) is 9.97 Å². The molecule has 0 saturated heterocycles. The Morgan fingerprint density at radius 2 is 1.81 bits per heavy atom. The van der Waals surface area contributed by atoms with Crippen molar-refractivity contribution >= 4 is 28.3 Å². The van der Waals surface area contributed by atoms with E-state index in [2.05, 4.69) is 20.3 Å². The predicted octanol–water partition coefficient (Wildman–Crippen LogP) is 3.56. The summed E-state index contributed by atoms with van der Waals surface area (Å²) in [6.45, 7) is 0. The van der Waals surface area contributed by atoms with E-state index in [0.29, 0.717) is 11.5 Å². The molecule has 0 unspecified atom stereocenters. The summed E-state index contributed by atoms with van der Waals surface area (Å²) in [6.07, 6.45) is 5.13. The van der Waals surface area contributed by atoms with Crippen molar-refractivity contribution in [2.75, 3.05) is 5.32 Å². The Hall–Kier alpha value is -3.93. The van der Waals surface area contributed by atoms with E-state index in [1.807, 2.05) is 66.9 Å². The molecule has 4 rings (SSSR count). The highest BCUT2D eigenvalue weighted by molar-refractivity contribution is 6.18. The number of primary amides is 1. The average Bonchev–Trinajstić information content (AvgIpc) is 3.13. The standard InChI is InChI=1S/C21H17N5O/c22-20(27)16(14-6-2-1-3-7-14)12-25-21-23-11-10-19(26-21)17-13-24-18-9-5-4-8-15(17)18/h1-13,24H,(H2,22,27)(H,23,25,26). The predicted molar refractivity (Wildman–Crippen MR) is 107 cm³/mol. The molecule has 0 atom stereocenters. The number of carbonyl (C=O) groups excluding carboxylic acids is 1. The molecule has 0 aliphatic heterocycles. The van der Waals surface area contributed by atoms with Gasteiger partial charge in [0.05, 0.1) is 11.3 Å². The molecule has 4 N–H and O–H groups in total. The molecule has 0 saturated carbocycles. The SMILES string of the molecule is NC(=O)C(=CNc1nccc(-c2c[nH]c3ccccc23)n1)c1ccccc1. The number of anilines is 1. The minimum Gasteiger partial charge on any atom is -0.366 e. The number of fused-ring (bicyclic) bond motifs is 1. The number of hydrogen-bond acceptors (Lipinski definition) is 4. The lowest BCUT2D eigenvalue weighted by molar-refractivity contribution is -0.112. The number of nitrogens with one attached hydrogen (secondary N) is 2. The second-order valence-corrected chi connectivity index (χ2v) is 5.95. The maximum atomic E-state index is 11.8. The van der Waals surface area contributed by atoms with Crippen LogP contribution in [0.15, 0.2) is 79.3 Å².